The molecular formula is C15H14BrClN2O2. The number of ether oxygens (including phenoxy) is 2. The van der Waals surface area contributed by atoms with Crippen LogP contribution in [0.5, 0.6) is 11.5 Å². The van der Waals surface area contributed by atoms with Gasteiger partial charge in [-0.15, -0.1) is 0 Å². The molecule has 0 N–H and O–H groups in total. The monoisotopic (exact) mass is 368 g/mol. The lowest BCUT2D eigenvalue weighted by molar-refractivity contribution is 0.355. The van der Waals surface area contributed by atoms with Gasteiger partial charge in [0.25, 0.3) is 0 Å². The lowest BCUT2D eigenvalue weighted by atomic mass is 10.1. The number of hydrogen-bond acceptors (Lipinski definition) is 4. The molecule has 1 aromatic carbocycles. The average Bonchev–Trinajstić information content (AvgIpc) is 3.30. The molecule has 0 bridgehead atoms. The Morgan fingerprint density at radius 2 is 1.76 bits per heavy atom. The van der Waals surface area contributed by atoms with Gasteiger partial charge in [0.2, 0.25) is 0 Å². The lowest BCUT2D eigenvalue weighted by Crippen LogP contribution is -1.97. The zero-order chi connectivity index (χ0) is 15.0. The van der Waals surface area contributed by atoms with Crippen molar-refractivity contribution in [1.29, 1.82) is 0 Å². The lowest BCUT2D eigenvalue weighted by Gasteiger charge is -2.12. The Morgan fingerprint density at radius 1 is 1.10 bits per heavy atom. The van der Waals surface area contributed by atoms with Gasteiger partial charge in [-0.3, -0.25) is 0 Å². The second kappa shape index (κ2) is 5.81. The third-order valence-electron chi connectivity index (χ3n) is 3.42. The summed E-state index contributed by atoms with van der Waals surface area (Å²) in [5.41, 5.74) is 1.84. The molecule has 1 aliphatic carbocycles. The fraction of sp³-hybridized carbons (Fsp3) is 0.333. The minimum Gasteiger partial charge on any atom is -0.493 e. The van der Waals surface area contributed by atoms with Gasteiger partial charge in [0, 0.05) is 21.6 Å². The average molecular weight is 370 g/mol. The molecule has 1 saturated carbocycles. The highest BCUT2D eigenvalue weighted by Gasteiger charge is 2.26. The van der Waals surface area contributed by atoms with E-state index in [4.69, 9.17) is 21.1 Å². The quantitative estimate of drug-likeness (QED) is 0.747. The molecular weight excluding hydrogens is 356 g/mol. The van der Waals surface area contributed by atoms with Crippen molar-refractivity contribution in [3.05, 3.63) is 33.5 Å². The normalized spacial score (nSPS) is 14.1. The molecule has 21 heavy (non-hydrogen) atoms. The van der Waals surface area contributed by atoms with E-state index in [-0.39, 0.29) is 0 Å². The van der Waals surface area contributed by atoms with Crippen LogP contribution in [0.15, 0.2) is 22.7 Å². The summed E-state index contributed by atoms with van der Waals surface area (Å²) in [6.07, 6.45) is 2.33. The van der Waals surface area contributed by atoms with Crippen LogP contribution in [0.4, 0.5) is 0 Å². The number of rotatable bonds is 4. The van der Waals surface area contributed by atoms with Crippen LogP contribution in [-0.4, -0.2) is 24.2 Å². The van der Waals surface area contributed by atoms with Gasteiger partial charge in [-0.2, -0.15) is 0 Å². The number of aromatic nitrogens is 2. The Hall–Kier alpha value is -1.33. The van der Waals surface area contributed by atoms with Crippen molar-refractivity contribution >= 4 is 27.5 Å². The van der Waals surface area contributed by atoms with Gasteiger partial charge in [-0.25, -0.2) is 9.97 Å². The van der Waals surface area contributed by atoms with Gasteiger partial charge in [0.1, 0.15) is 5.15 Å². The van der Waals surface area contributed by atoms with Crippen molar-refractivity contribution in [3.8, 4) is 22.9 Å². The van der Waals surface area contributed by atoms with Crippen molar-refractivity contribution in [2.24, 2.45) is 0 Å². The first-order chi connectivity index (χ1) is 10.1. The van der Waals surface area contributed by atoms with Gasteiger partial charge in [0.15, 0.2) is 17.3 Å². The van der Waals surface area contributed by atoms with Crippen molar-refractivity contribution in [2.45, 2.75) is 18.8 Å². The third kappa shape index (κ3) is 2.99. The van der Waals surface area contributed by atoms with E-state index in [1.165, 1.54) is 12.8 Å². The molecule has 0 aliphatic heterocycles. The first-order valence-corrected chi connectivity index (χ1v) is 7.76. The SMILES string of the molecule is COc1cc(Br)c(-c2nc(Cl)cc(C3CC3)n2)cc1OC. The molecule has 3 rings (SSSR count). The molecule has 0 amide bonds. The number of benzene rings is 1. The zero-order valence-corrected chi connectivity index (χ0v) is 14.0. The van der Waals surface area contributed by atoms with E-state index in [9.17, 15) is 0 Å². The maximum Gasteiger partial charge on any atom is 0.162 e. The van der Waals surface area contributed by atoms with Gasteiger partial charge in [-0.05, 0) is 47.0 Å². The molecule has 0 spiro atoms. The van der Waals surface area contributed by atoms with E-state index in [0.29, 0.717) is 28.4 Å². The second-order valence-corrected chi connectivity index (χ2v) is 6.14. The maximum absolute atomic E-state index is 6.13. The van der Waals surface area contributed by atoms with Crippen molar-refractivity contribution in [2.75, 3.05) is 14.2 Å². The summed E-state index contributed by atoms with van der Waals surface area (Å²) in [4.78, 5) is 8.97. The van der Waals surface area contributed by atoms with E-state index in [1.54, 1.807) is 14.2 Å². The highest BCUT2D eigenvalue weighted by atomic mass is 79.9. The van der Waals surface area contributed by atoms with Crippen molar-refractivity contribution in [1.82, 2.24) is 9.97 Å². The van der Waals surface area contributed by atoms with Crippen LogP contribution in [0.25, 0.3) is 11.4 Å². The molecule has 1 fully saturated rings. The molecule has 6 heteroatoms. The fourth-order valence-corrected chi connectivity index (χ4v) is 2.86. The summed E-state index contributed by atoms with van der Waals surface area (Å²) >= 11 is 9.67. The van der Waals surface area contributed by atoms with E-state index < -0.39 is 0 Å². The molecule has 0 atom stereocenters. The van der Waals surface area contributed by atoms with Crippen LogP contribution in [-0.2, 0) is 0 Å². The highest BCUT2D eigenvalue weighted by molar-refractivity contribution is 9.10. The van der Waals surface area contributed by atoms with E-state index in [0.717, 1.165) is 15.7 Å². The first kappa shape index (κ1) is 14.6. The Bertz CT molecular complexity index is 690. The molecule has 4 nitrogen and oxygen atoms in total. The topological polar surface area (TPSA) is 44.2 Å². The molecule has 110 valence electrons. The molecule has 1 heterocycles. The number of nitrogens with zero attached hydrogens (tertiary/aromatic N) is 2. The molecule has 0 saturated heterocycles. The minimum absolute atomic E-state index is 0.462. The van der Waals surface area contributed by atoms with Crippen molar-refractivity contribution < 1.29 is 9.47 Å². The first-order valence-electron chi connectivity index (χ1n) is 6.58. The molecule has 1 aliphatic rings. The van der Waals surface area contributed by atoms with Crippen LogP contribution in [0.1, 0.15) is 24.5 Å². The standard InChI is InChI=1S/C15H14BrClN2O2/c1-20-12-5-9(10(16)6-13(12)21-2)15-18-11(8-3-4-8)7-14(17)19-15/h5-8H,3-4H2,1-2H3. The largest absolute Gasteiger partial charge is 0.493 e. The summed E-state index contributed by atoms with van der Waals surface area (Å²) in [7, 11) is 3.20. The molecule has 2 aromatic rings. The summed E-state index contributed by atoms with van der Waals surface area (Å²) < 4.78 is 11.5. The molecule has 0 unspecified atom stereocenters. The predicted molar refractivity (Wildman–Crippen MR) is 85.3 cm³/mol. The van der Waals surface area contributed by atoms with Crippen LogP contribution in [0, 0.1) is 0 Å². The Labute approximate surface area is 136 Å². The third-order valence-corrected chi connectivity index (χ3v) is 4.27. The van der Waals surface area contributed by atoms with E-state index in [2.05, 4.69) is 25.9 Å². The van der Waals surface area contributed by atoms with Crippen LogP contribution in [0.3, 0.4) is 0 Å². The summed E-state index contributed by atoms with van der Waals surface area (Å²) in [6.45, 7) is 0. The van der Waals surface area contributed by atoms with Crippen LogP contribution < -0.4 is 9.47 Å². The molecule has 1 aromatic heterocycles. The smallest absolute Gasteiger partial charge is 0.162 e. The van der Waals surface area contributed by atoms with Gasteiger partial charge >= 0.3 is 0 Å². The van der Waals surface area contributed by atoms with Crippen molar-refractivity contribution in [3.63, 3.8) is 0 Å². The Balaban J connectivity index is 2.11. The van der Waals surface area contributed by atoms with Crippen LogP contribution >= 0.6 is 27.5 Å². The van der Waals surface area contributed by atoms with E-state index >= 15 is 0 Å². The summed E-state index contributed by atoms with van der Waals surface area (Å²) in [5.74, 6) is 2.39. The second-order valence-electron chi connectivity index (χ2n) is 4.90. The van der Waals surface area contributed by atoms with Gasteiger partial charge in [-0.1, -0.05) is 11.6 Å². The summed E-state index contributed by atoms with van der Waals surface area (Å²) in [5, 5.41) is 0.462. The number of hydrogen-bond donors (Lipinski definition) is 0. The van der Waals surface area contributed by atoms with Gasteiger partial charge < -0.3 is 9.47 Å². The van der Waals surface area contributed by atoms with Gasteiger partial charge in [0.05, 0.1) is 14.2 Å². The minimum atomic E-state index is 0.462. The predicted octanol–water partition coefficient (Wildman–Crippen LogP) is 4.45. The summed E-state index contributed by atoms with van der Waals surface area (Å²) in [6, 6.07) is 5.54. The fourth-order valence-electron chi connectivity index (χ4n) is 2.17. The zero-order valence-electron chi connectivity index (χ0n) is 11.7. The Morgan fingerprint density at radius 3 is 2.38 bits per heavy atom. The highest BCUT2D eigenvalue weighted by Crippen LogP contribution is 2.42. The molecule has 0 radical (unpaired) electrons. The Kier molecular flexibility index (Phi) is 4.04. The van der Waals surface area contributed by atoms with Crippen LogP contribution in [0.2, 0.25) is 5.15 Å². The number of methoxy groups -OCH3 is 2. The van der Waals surface area contributed by atoms with E-state index in [1.807, 2.05) is 18.2 Å². The number of halogens is 2. The maximum atomic E-state index is 6.13.